The van der Waals surface area contributed by atoms with E-state index in [-0.39, 0.29) is 35.0 Å². The normalized spacial score (nSPS) is 15.9. The second kappa shape index (κ2) is 15.1. The summed E-state index contributed by atoms with van der Waals surface area (Å²) in [6.07, 6.45) is 6.52. The second-order valence-electron chi connectivity index (χ2n) is 15.8. The smallest absolute Gasteiger partial charge is 0.292 e. The SMILES string of the molecule is Cc1cc(-c2ncnn3cc(-c4ccc5c(c4)CN(CCCc4ccc(NC6CCC(=O)NC6=O)cc4)C5)cc23)ccc1CNC(=O)c1noc(C(C)(C)C)n1. The molecule has 0 saturated carbocycles. The first kappa shape index (κ1) is 36.8. The van der Waals surface area contributed by atoms with Gasteiger partial charge < -0.3 is 15.2 Å². The molecule has 0 aliphatic carbocycles. The van der Waals surface area contributed by atoms with Gasteiger partial charge in [0, 0.05) is 54.5 Å². The number of carbonyl (C=O) groups excluding carboxylic acids is 3. The van der Waals surface area contributed by atoms with Gasteiger partial charge in [0.05, 0.1) is 11.2 Å². The van der Waals surface area contributed by atoms with Crippen LogP contribution in [0, 0.1) is 6.92 Å². The molecule has 1 fully saturated rings. The van der Waals surface area contributed by atoms with Crippen LogP contribution < -0.4 is 16.0 Å². The summed E-state index contributed by atoms with van der Waals surface area (Å²) < 4.78 is 7.16. The highest BCUT2D eigenvalue weighted by Crippen LogP contribution is 2.32. The first-order valence-electron chi connectivity index (χ1n) is 19.1. The lowest BCUT2D eigenvalue weighted by molar-refractivity contribution is -0.133. The number of piperidine rings is 1. The van der Waals surface area contributed by atoms with Crippen molar-refractivity contribution in [3.63, 3.8) is 0 Å². The molecular formula is C43H45N9O4. The summed E-state index contributed by atoms with van der Waals surface area (Å²) >= 11 is 0. The van der Waals surface area contributed by atoms with E-state index < -0.39 is 0 Å². The fourth-order valence-corrected chi connectivity index (χ4v) is 7.34. The predicted molar refractivity (Wildman–Crippen MR) is 211 cm³/mol. The Hall–Kier alpha value is -6.21. The maximum atomic E-state index is 12.7. The van der Waals surface area contributed by atoms with Crippen molar-refractivity contribution in [3.05, 3.63) is 119 Å². The van der Waals surface area contributed by atoms with Gasteiger partial charge in [-0.15, -0.1) is 0 Å². The van der Waals surface area contributed by atoms with Crippen LogP contribution in [0.2, 0.25) is 0 Å². The summed E-state index contributed by atoms with van der Waals surface area (Å²) in [5, 5.41) is 16.9. The molecule has 3 aromatic carbocycles. The molecule has 5 heterocycles. The molecule has 0 bridgehead atoms. The van der Waals surface area contributed by atoms with Crippen LogP contribution in [0.3, 0.4) is 0 Å². The summed E-state index contributed by atoms with van der Waals surface area (Å²) in [6.45, 7) is 11.1. The number of nitrogens with one attached hydrogen (secondary N) is 3. The van der Waals surface area contributed by atoms with Crippen molar-refractivity contribution in [1.82, 2.24) is 40.3 Å². The standard InChI is InChI=1S/C43H45N9O4/c1-26-18-29(10-11-30(26)21-44-41(55)39-49-42(56-50-39)43(2,3)4)38-36-20-33(24-52(36)46-25-45-38)28-9-12-31-22-51(23-32(31)19-28)17-5-6-27-7-13-34(14-8-27)47-35-15-16-37(53)48-40(35)54/h7-14,18-20,24-25,35,47H,5-6,15-17,21-23H2,1-4H3,(H,44,55)(H,48,53,54). The van der Waals surface area contributed by atoms with Gasteiger partial charge in [0.1, 0.15) is 12.4 Å². The van der Waals surface area contributed by atoms with Crippen molar-refractivity contribution in [2.75, 3.05) is 11.9 Å². The molecule has 3 aromatic heterocycles. The summed E-state index contributed by atoms with van der Waals surface area (Å²) in [6, 6.07) is 22.9. The van der Waals surface area contributed by atoms with Crippen LogP contribution in [-0.4, -0.2) is 59.9 Å². The molecule has 3 N–H and O–H groups in total. The number of imide groups is 1. The Bertz CT molecular complexity index is 2440. The quantitative estimate of drug-likeness (QED) is 0.131. The Morgan fingerprint density at radius 3 is 2.54 bits per heavy atom. The second-order valence-corrected chi connectivity index (χ2v) is 15.8. The minimum atomic E-state index is -0.382. The molecule has 1 unspecified atom stereocenters. The molecule has 13 heteroatoms. The van der Waals surface area contributed by atoms with E-state index in [0.717, 1.165) is 77.2 Å². The molecule has 8 rings (SSSR count). The van der Waals surface area contributed by atoms with E-state index in [4.69, 9.17) is 4.52 Å². The van der Waals surface area contributed by atoms with Crippen LogP contribution in [-0.2, 0) is 41.1 Å². The minimum Gasteiger partial charge on any atom is -0.374 e. The molecule has 2 aliphatic rings. The summed E-state index contributed by atoms with van der Waals surface area (Å²) in [4.78, 5) is 47.7. The fraction of sp³-hybridized carbons (Fsp3) is 0.326. The van der Waals surface area contributed by atoms with E-state index in [1.54, 1.807) is 6.33 Å². The highest BCUT2D eigenvalue weighted by molar-refractivity contribution is 6.01. The number of nitrogens with zero attached hydrogens (tertiary/aromatic N) is 6. The van der Waals surface area contributed by atoms with Gasteiger partial charge in [0.15, 0.2) is 0 Å². The average Bonchev–Trinajstić information content (AvgIpc) is 3.94. The molecule has 13 nitrogen and oxygen atoms in total. The Morgan fingerprint density at radius 1 is 0.964 bits per heavy atom. The van der Waals surface area contributed by atoms with Gasteiger partial charge in [-0.2, -0.15) is 10.1 Å². The number of aromatic nitrogens is 5. The lowest BCUT2D eigenvalue weighted by atomic mass is 9.97. The van der Waals surface area contributed by atoms with E-state index in [0.29, 0.717) is 25.3 Å². The monoisotopic (exact) mass is 751 g/mol. The number of fused-ring (bicyclic) bond motifs is 2. The number of aryl methyl sites for hydroxylation is 2. The average molecular weight is 752 g/mol. The van der Waals surface area contributed by atoms with Gasteiger partial charge in [-0.3, -0.25) is 24.6 Å². The van der Waals surface area contributed by atoms with E-state index in [9.17, 15) is 14.4 Å². The maximum Gasteiger partial charge on any atom is 0.292 e. The number of hydrogen-bond acceptors (Lipinski definition) is 10. The molecule has 286 valence electrons. The van der Waals surface area contributed by atoms with E-state index in [1.807, 2.05) is 56.5 Å². The number of carbonyl (C=O) groups is 3. The van der Waals surface area contributed by atoms with Crippen LogP contribution in [0.25, 0.3) is 27.9 Å². The van der Waals surface area contributed by atoms with Gasteiger partial charge in [-0.05, 0) is 96.4 Å². The zero-order chi connectivity index (χ0) is 39.0. The molecule has 3 amide bonds. The summed E-state index contributed by atoms with van der Waals surface area (Å²) in [7, 11) is 0. The van der Waals surface area contributed by atoms with Crippen molar-refractivity contribution in [2.45, 2.75) is 84.5 Å². The minimum absolute atomic E-state index is 0.0245. The van der Waals surface area contributed by atoms with E-state index >= 15 is 0 Å². The van der Waals surface area contributed by atoms with Crippen molar-refractivity contribution in [1.29, 1.82) is 0 Å². The third kappa shape index (κ3) is 7.94. The molecule has 2 aliphatic heterocycles. The Kier molecular flexibility index (Phi) is 9.94. The zero-order valence-electron chi connectivity index (χ0n) is 32.1. The zero-order valence-corrected chi connectivity index (χ0v) is 32.1. The largest absolute Gasteiger partial charge is 0.374 e. The lowest BCUT2D eigenvalue weighted by Crippen LogP contribution is -2.47. The highest BCUT2D eigenvalue weighted by atomic mass is 16.5. The third-order valence-electron chi connectivity index (χ3n) is 10.5. The van der Waals surface area contributed by atoms with Crippen molar-refractivity contribution in [2.24, 2.45) is 0 Å². The van der Waals surface area contributed by atoms with Crippen LogP contribution in [0.4, 0.5) is 5.69 Å². The van der Waals surface area contributed by atoms with Crippen molar-refractivity contribution < 1.29 is 18.9 Å². The van der Waals surface area contributed by atoms with Gasteiger partial charge >= 0.3 is 0 Å². The molecule has 56 heavy (non-hydrogen) atoms. The van der Waals surface area contributed by atoms with Crippen LogP contribution in [0.1, 0.15) is 84.4 Å². The first-order chi connectivity index (χ1) is 27.0. The number of anilines is 1. The molecule has 1 saturated heterocycles. The van der Waals surface area contributed by atoms with Gasteiger partial charge in [-0.25, -0.2) is 9.50 Å². The number of rotatable bonds is 11. The number of benzene rings is 3. The Labute approximate surface area is 324 Å². The van der Waals surface area contributed by atoms with Crippen molar-refractivity contribution in [3.8, 4) is 22.4 Å². The third-order valence-corrected chi connectivity index (χ3v) is 10.5. The van der Waals surface area contributed by atoms with Crippen LogP contribution in [0.15, 0.2) is 83.8 Å². The first-order valence-corrected chi connectivity index (χ1v) is 19.1. The molecule has 0 spiro atoms. The van der Waals surface area contributed by atoms with E-state index in [2.05, 4.69) is 89.7 Å². The Morgan fingerprint density at radius 2 is 1.77 bits per heavy atom. The number of hydrogen-bond donors (Lipinski definition) is 3. The Balaban J connectivity index is 0.873. The van der Waals surface area contributed by atoms with E-state index in [1.165, 1.54) is 16.7 Å². The molecule has 1 atom stereocenters. The maximum absolute atomic E-state index is 12.7. The number of amides is 3. The van der Waals surface area contributed by atoms with Crippen LogP contribution >= 0.6 is 0 Å². The predicted octanol–water partition coefficient (Wildman–Crippen LogP) is 6.15. The van der Waals surface area contributed by atoms with Gasteiger partial charge in [0.25, 0.3) is 11.7 Å². The summed E-state index contributed by atoms with van der Waals surface area (Å²) in [5.41, 5.74) is 11.4. The molecule has 6 aromatic rings. The topological polar surface area (TPSA) is 160 Å². The highest BCUT2D eigenvalue weighted by Gasteiger charge is 2.27. The lowest BCUT2D eigenvalue weighted by Gasteiger charge is -2.22. The summed E-state index contributed by atoms with van der Waals surface area (Å²) in [5.74, 6) is -0.408. The molecule has 0 radical (unpaired) electrons. The van der Waals surface area contributed by atoms with Crippen molar-refractivity contribution >= 4 is 28.9 Å². The van der Waals surface area contributed by atoms with Gasteiger partial charge in [0.2, 0.25) is 17.7 Å². The van der Waals surface area contributed by atoms with Gasteiger partial charge in [-0.1, -0.05) is 62.3 Å². The molecular weight excluding hydrogens is 707 g/mol. The van der Waals surface area contributed by atoms with Crippen LogP contribution in [0.5, 0.6) is 0 Å². The fourth-order valence-electron chi connectivity index (χ4n) is 7.34.